The van der Waals surface area contributed by atoms with E-state index in [9.17, 15) is 13.6 Å². The molecule has 0 unspecified atom stereocenters. The van der Waals surface area contributed by atoms with Gasteiger partial charge in [0.2, 0.25) is 0 Å². The highest BCUT2D eigenvalue weighted by Crippen LogP contribution is 2.36. The second kappa shape index (κ2) is 7.58. The summed E-state index contributed by atoms with van der Waals surface area (Å²) in [5, 5.41) is 4.17. The van der Waals surface area contributed by atoms with E-state index in [0.29, 0.717) is 16.9 Å². The van der Waals surface area contributed by atoms with Crippen molar-refractivity contribution in [3.05, 3.63) is 54.6 Å². The van der Waals surface area contributed by atoms with Gasteiger partial charge in [0.15, 0.2) is 5.78 Å². The highest BCUT2D eigenvalue weighted by molar-refractivity contribution is 6.00. The summed E-state index contributed by atoms with van der Waals surface area (Å²) < 4.78 is 39.3. The summed E-state index contributed by atoms with van der Waals surface area (Å²) in [6.07, 6.45) is 7.11. The van der Waals surface area contributed by atoms with Crippen molar-refractivity contribution in [3.8, 4) is 33.9 Å². The summed E-state index contributed by atoms with van der Waals surface area (Å²) >= 11 is 0. The van der Waals surface area contributed by atoms with Crippen LogP contribution in [0.15, 0.2) is 49.1 Å². The van der Waals surface area contributed by atoms with Crippen LogP contribution in [0.4, 0.5) is 8.78 Å². The highest BCUT2D eigenvalue weighted by atomic mass is 19.3. The number of hydrogen-bond acceptors (Lipinski definition) is 5. The monoisotopic (exact) mass is 412 g/mol. The molecular weight excluding hydrogens is 394 g/mol. The topological polar surface area (TPSA) is 70.7 Å². The van der Waals surface area contributed by atoms with E-state index in [1.54, 1.807) is 23.1 Å². The van der Waals surface area contributed by atoms with Crippen LogP contribution in [0.25, 0.3) is 28.0 Å². The van der Waals surface area contributed by atoms with Crippen molar-refractivity contribution in [1.82, 2.24) is 19.2 Å². The lowest BCUT2D eigenvalue weighted by Gasteiger charge is -2.15. The molecule has 0 amide bonds. The maximum absolute atomic E-state index is 12.9. The molecule has 0 N–H and O–H groups in total. The van der Waals surface area contributed by atoms with Crippen LogP contribution in [-0.4, -0.2) is 38.7 Å². The van der Waals surface area contributed by atoms with E-state index in [0.717, 1.165) is 11.1 Å². The fourth-order valence-corrected chi connectivity index (χ4v) is 3.38. The number of ketones is 1. The molecule has 0 aliphatic heterocycles. The number of aryl methyl sites for hydroxylation is 1. The minimum atomic E-state index is -3.08. The number of pyridine rings is 1. The quantitative estimate of drug-likeness (QED) is 0.444. The van der Waals surface area contributed by atoms with Crippen molar-refractivity contribution in [2.45, 2.75) is 13.5 Å². The number of aromatic nitrogens is 4. The fourth-order valence-electron chi connectivity index (χ4n) is 3.38. The van der Waals surface area contributed by atoms with Crippen molar-refractivity contribution in [1.29, 1.82) is 0 Å². The summed E-state index contributed by atoms with van der Waals surface area (Å²) in [5.41, 5.74) is 3.68. The van der Waals surface area contributed by atoms with Crippen LogP contribution in [0.2, 0.25) is 0 Å². The highest BCUT2D eigenvalue weighted by Gasteiger charge is 2.21. The van der Waals surface area contributed by atoms with Crippen LogP contribution in [0, 0.1) is 0 Å². The van der Waals surface area contributed by atoms with Gasteiger partial charge < -0.3 is 9.47 Å². The summed E-state index contributed by atoms with van der Waals surface area (Å²) in [6, 6.07) is 6.81. The SMILES string of the molecule is COc1cc(-c2cnc3cc(-c4cnn(C)c4)ccn23)cc(OC(F)F)c1C(C)=O. The Morgan fingerprint density at radius 1 is 1.10 bits per heavy atom. The third-order valence-electron chi connectivity index (χ3n) is 4.70. The lowest BCUT2D eigenvalue weighted by molar-refractivity contribution is -0.0501. The van der Waals surface area contributed by atoms with Crippen LogP contribution in [0.5, 0.6) is 11.5 Å². The van der Waals surface area contributed by atoms with Gasteiger partial charge in [-0.3, -0.25) is 13.9 Å². The van der Waals surface area contributed by atoms with Crippen molar-refractivity contribution in [2.24, 2.45) is 7.05 Å². The molecule has 4 rings (SSSR count). The van der Waals surface area contributed by atoms with Crippen molar-refractivity contribution < 1.29 is 23.0 Å². The summed E-state index contributed by atoms with van der Waals surface area (Å²) in [4.78, 5) is 16.4. The van der Waals surface area contributed by atoms with Crippen LogP contribution < -0.4 is 9.47 Å². The molecule has 0 radical (unpaired) electrons. The minimum Gasteiger partial charge on any atom is -0.496 e. The Bertz CT molecular complexity index is 1250. The molecule has 0 saturated heterocycles. The summed E-state index contributed by atoms with van der Waals surface area (Å²) in [5.74, 6) is -0.528. The van der Waals surface area contributed by atoms with Crippen molar-refractivity contribution >= 4 is 11.4 Å². The fraction of sp³-hybridized carbons (Fsp3) is 0.190. The molecule has 0 fully saturated rings. The smallest absolute Gasteiger partial charge is 0.387 e. The largest absolute Gasteiger partial charge is 0.496 e. The normalized spacial score (nSPS) is 11.3. The van der Waals surface area contributed by atoms with Crippen molar-refractivity contribution in [2.75, 3.05) is 7.11 Å². The molecule has 0 spiro atoms. The predicted octanol–water partition coefficient (Wildman–Crippen LogP) is 4.21. The van der Waals surface area contributed by atoms with E-state index < -0.39 is 12.4 Å². The Morgan fingerprint density at radius 2 is 1.87 bits per heavy atom. The standard InChI is InChI=1S/C21H18F2N4O3/c1-12(28)20-17(29-3)6-14(7-18(20)30-21(22)23)16-10-24-19-8-13(4-5-27(16)19)15-9-25-26(2)11-15/h4-11,21H,1-3H3. The average Bonchev–Trinajstić information content (AvgIpc) is 3.32. The van der Waals surface area contributed by atoms with Gasteiger partial charge in [-0.15, -0.1) is 0 Å². The summed E-state index contributed by atoms with van der Waals surface area (Å²) in [7, 11) is 3.21. The van der Waals surface area contributed by atoms with Crippen molar-refractivity contribution in [3.63, 3.8) is 0 Å². The van der Waals surface area contributed by atoms with E-state index >= 15 is 0 Å². The zero-order valence-electron chi connectivity index (χ0n) is 16.5. The predicted molar refractivity (Wildman–Crippen MR) is 106 cm³/mol. The van der Waals surface area contributed by atoms with Gasteiger partial charge in [0, 0.05) is 30.6 Å². The third-order valence-corrected chi connectivity index (χ3v) is 4.70. The molecule has 0 saturated carbocycles. The third kappa shape index (κ3) is 3.49. The Kier molecular flexibility index (Phi) is 4.94. The van der Waals surface area contributed by atoms with Gasteiger partial charge in [-0.05, 0) is 36.8 Å². The van der Waals surface area contributed by atoms with Crippen LogP contribution in [0.3, 0.4) is 0 Å². The maximum atomic E-state index is 12.9. The first-order valence-corrected chi connectivity index (χ1v) is 9.01. The van der Waals surface area contributed by atoms with Gasteiger partial charge in [-0.25, -0.2) is 4.98 Å². The number of methoxy groups -OCH3 is 1. The van der Waals surface area contributed by atoms with Gasteiger partial charge in [-0.2, -0.15) is 13.9 Å². The Labute approximate surface area is 170 Å². The zero-order valence-corrected chi connectivity index (χ0v) is 16.5. The molecule has 3 aromatic heterocycles. The Hall–Kier alpha value is -3.75. The number of hydrogen-bond donors (Lipinski definition) is 0. The van der Waals surface area contributed by atoms with E-state index in [2.05, 4.69) is 14.8 Å². The number of nitrogens with zero attached hydrogens (tertiary/aromatic N) is 4. The molecule has 154 valence electrons. The van der Waals surface area contributed by atoms with Gasteiger partial charge in [0.05, 0.1) is 25.2 Å². The number of imidazole rings is 1. The molecule has 30 heavy (non-hydrogen) atoms. The van der Waals surface area contributed by atoms with E-state index in [4.69, 9.17) is 4.74 Å². The number of halogens is 2. The van der Waals surface area contributed by atoms with Gasteiger partial charge in [-0.1, -0.05) is 0 Å². The van der Waals surface area contributed by atoms with Crippen LogP contribution in [-0.2, 0) is 7.05 Å². The molecular formula is C21H18F2N4O3. The number of rotatable bonds is 6. The number of benzene rings is 1. The second-order valence-corrected chi connectivity index (χ2v) is 6.68. The number of carbonyl (C=O) groups excluding carboxylic acids is 1. The lowest BCUT2D eigenvalue weighted by atomic mass is 10.0. The first kappa shape index (κ1) is 19.6. The molecule has 0 aliphatic rings. The molecule has 4 aromatic rings. The molecule has 7 nitrogen and oxygen atoms in total. The van der Waals surface area contributed by atoms with E-state index in [1.807, 2.05) is 36.0 Å². The summed E-state index contributed by atoms with van der Waals surface area (Å²) in [6.45, 7) is -1.81. The average molecular weight is 412 g/mol. The number of fused-ring (bicyclic) bond motifs is 1. The van der Waals surface area contributed by atoms with E-state index in [-0.39, 0.29) is 17.1 Å². The molecule has 3 heterocycles. The van der Waals surface area contributed by atoms with Crippen LogP contribution in [0.1, 0.15) is 17.3 Å². The Balaban J connectivity index is 1.84. The van der Waals surface area contributed by atoms with E-state index in [1.165, 1.54) is 20.1 Å². The molecule has 0 atom stereocenters. The molecule has 1 aromatic carbocycles. The Morgan fingerprint density at radius 3 is 2.50 bits per heavy atom. The number of ether oxygens (including phenoxy) is 2. The first-order chi connectivity index (χ1) is 14.4. The number of Topliss-reactive ketones (excluding diaryl/α,β-unsaturated/α-hetero) is 1. The number of carbonyl (C=O) groups is 1. The van der Waals surface area contributed by atoms with Crippen LogP contribution >= 0.6 is 0 Å². The second-order valence-electron chi connectivity index (χ2n) is 6.68. The van der Waals surface area contributed by atoms with Gasteiger partial charge in [0.1, 0.15) is 22.7 Å². The van der Waals surface area contributed by atoms with Gasteiger partial charge in [0.25, 0.3) is 0 Å². The number of alkyl halides is 2. The molecule has 9 heteroatoms. The minimum absolute atomic E-state index is 0.0331. The lowest BCUT2D eigenvalue weighted by Crippen LogP contribution is -2.08. The molecule has 0 aliphatic carbocycles. The first-order valence-electron chi connectivity index (χ1n) is 9.01. The molecule has 0 bridgehead atoms. The van der Waals surface area contributed by atoms with Gasteiger partial charge >= 0.3 is 6.61 Å². The maximum Gasteiger partial charge on any atom is 0.387 e. The zero-order chi connectivity index (χ0) is 21.4.